The van der Waals surface area contributed by atoms with Crippen LogP contribution >= 0.6 is 0 Å². The van der Waals surface area contributed by atoms with Gasteiger partial charge in [0.1, 0.15) is 11.5 Å². The average Bonchev–Trinajstić information content (AvgIpc) is 2.75. The number of rotatable bonds is 6. The number of morpholine rings is 1. The number of benzene rings is 2. The van der Waals surface area contributed by atoms with Crippen LogP contribution in [0.1, 0.15) is 37.3 Å². The molecule has 0 aromatic heterocycles. The fraction of sp³-hybridized carbons (Fsp3) is 0.458. The van der Waals surface area contributed by atoms with Crippen molar-refractivity contribution in [3.05, 3.63) is 59.7 Å². The van der Waals surface area contributed by atoms with Gasteiger partial charge >= 0.3 is 0 Å². The van der Waals surface area contributed by atoms with E-state index >= 15 is 0 Å². The zero-order valence-electron chi connectivity index (χ0n) is 17.3. The van der Waals surface area contributed by atoms with Crippen LogP contribution in [-0.4, -0.2) is 49.7 Å². The van der Waals surface area contributed by atoms with E-state index < -0.39 is 0 Å². The molecule has 1 fully saturated rings. The van der Waals surface area contributed by atoms with Gasteiger partial charge < -0.3 is 14.8 Å². The van der Waals surface area contributed by atoms with E-state index in [4.69, 9.17) is 9.47 Å². The minimum atomic E-state index is -0.347. The quantitative estimate of drug-likeness (QED) is 0.810. The van der Waals surface area contributed by atoms with E-state index in [0.29, 0.717) is 18.5 Å². The maximum absolute atomic E-state index is 13.4. The Balaban J connectivity index is 1.53. The molecule has 1 amide bonds. The van der Waals surface area contributed by atoms with E-state index in [9.17, 15) is 4.79 Å². The number of amides is 1. The topological polar surface area (TPSA) is 50.8 Å². The van der Waals surface area contributed by atoms with Gasteiger partial charge in [0.15, 0.2) is 0 Å². The third kappa shape index (κ3) is 4.46. The van der Waals surface area contributed by atoms with Crippen molar-refractivity contribution in [2.45, 2.75) is 32.2 Å². The van der Waals surface area contributed by atoms with Gasteiger partial charge in [0.05, 0.1) is 19.1 Å². The van der Waals surface area contributed by atoms with Crippen LogP contribution in [0.15, 0.2) is 48.5 Å². The third-order valence-electron chi connectivity index (χ3n) is 5.76. The van der Waals surface area contributed by atoms with Crippen LogP contribution in [0, 0.1) is 5.92 Å². The Morgan fingerprint density at radius 1 is 1.03 bits per heavy atom. The number of hydrogen-bond acceptors (Lipinski definition) is 4. The smallest absolute Gasteiger partial charge is 0.232 e. The van der Waals surface area contributed by atoms with E-state index in [1.54, 1.807) is 0 Å². The summed E-state index contributed by atoms with van der Waals surface area (Å²) in [6, 6.07) is 16.0. The molecule has 0 spiro atoms. The number of carbonyl (C=O) groups is 1. The number of fused-ring (bicyclic) bond motifs is 2. The molecule has 2 aromatic carbocycles. The Labute approximate surface area is 173 Å². The average molecular weight is 395 g/mol. The van der Waals surface area contributed by atoms with Crippen LogP contribution in [0.25, 0.3) is 0 Å². The minimum absolute atomic E-state index is 0.0372. The van der Waals surface area contributed by atoms with E-state index in [-0.39, 0.29) is 11.8 Å². The first-order valence-corrected chi connectivity index (χ1v) is 10.6. The summed E-state index contributed by atoms with van der Waals surface area (Å²) in [7, 11) is 0. The lowest BCUT2D eigenvalue weighted by Gasteiger charge is -2.36. The first-order valence-electron chi connectivity index (χ1n) is 10.6. The lowest BCUT2D eigenvalue weighted by molar-refractivity contribution is -0.122. The lowest BCUT2D eigenvalue weighted by atomic mass is 9.87. The number of nitrogens with zero attached hydrogens (tertiary/aromatic N) is 1. The molecule has 2 aromatic rings. The molecule has 5 heteroatoms. The monoisotopic (exact) mass is 394 g/mol. The zero-order chi connectivity index (χ0) is 20.2. The van der Waals surface area contributed by atoms with E-state index in [1.165, 1.54) is 0 Å². The zero-order valence-corrected chi connectivity index (χ0v) is 17.3. The van der Waals surface area contributed by atoms with Gasteiger partial charge in [-0.2, -0.15) is 0 Å². The molecule has 5 nitrogen and oxygen atoms in total. The van der Waals surface area contributed by atoms with Crippen molar-refractivity contribution in [3.63, 3.8) is 0 Å². The second-order valence-corrected chi connectivity index (χ2v) is 8.29. The number of hydrogen-bond donors (Lipinski definition) is 1. The van der Waals surface area contributed by atoms with Crippen molar-refractivity contribution in [1.29, 1.82) is 0 Å². The van der Waals surface area contributed by atoms with Gasteiger partial charge in [-0.3, -0.25) is 9.69 Å². The number of carbonyl (C=O) groups excluding carboxylic acids is 1. The summed E-state index contributed by atoms with van der Waals surface area (Å²) in [6.45, 7) is 8.51. The highest BCUT2D eigenvalue weighted by atomic mass is 16.5. The van der Waals surface area contributed by atoms with Gasteiger partial charge in [-0.1, -0.05) is 50.2 Å². The van der Waals surface area contributed by atoms with Crippen LogP contribution in [-0.2, 0) is 9.53 Å². The maximum atomic E-state index is 13.4. The molecule has 1 unspecified atom stereocenters. The van der Waals surface area contributed by atoms with Gasteiger partial charge in [0.2, 0.25) is 5.91 Å². The van der Waals surface area contributed by atoms with E-state index in [0.717, 1.165) is 55.4 Å². The van der Waals surface area contributed by atoms with E-state index in [2.05, 4.69) is 24.1 Å². The Kier molecular flexibility index (Phi) is 6.16. The standard InChI is InChI=1S/C24H30N2O3/c1-17(2)15-18(26-11-13-28-14-12-26)16-25-24(27)23-19-7-3-5-9-21(19)29-22-10-6-4-8-20(22)23/h3-10,17-18,23H,11-16H2,1-2H3,(H,25,27). The molecule has 154 valence electrons. The molecule has 2 heterocycles. The molecule has 1 saturated heterocycles. The van der Waals surface area contributed by atoms with Gasteiger partial charge in [-0.15, -0.1) is 0 Å². The second kappa shape index (κ2) is 8.97. The van der Waals surface area contributed by atoms with Crippen molar-refractivity contribution in [2.75, 3.05) is 32.8 Å². The predicted molar refractivity (Wildman–Crippen MR) is 113 cm³/mol. The highest BCUT2D eigenvalue weighted by Gasteiger charge is 2.33. The largest absolute Gasteiger partial charge is 0.457 e. The van der Waals surface area contributed by atoms with Crippen molar-refractivity contribution in [3.8, 4) is 11.5 Å². The Hall–Kier alpha value is -2.37. The van der Waals surface area contributed by atoms with Crippen LogP contribution in [0.5, 0.6) is 11.5 Å². The van der Waals surface area contributed by atoms with Crippen molar-refractivity contribution >= 4 is 5.91 Å². The Morgan fingerprint density at radius 2 is 1.62 bits per heavy atom. The molecular weight excluding hydrogens is 364 g/mol. The highest BCUT2D eigenvalue weighted by molar-refractivity contribution is 5.89. The number of nitrogens with one attached hydrogen (secondary N) is 1. The third-order valence-corrected chi connectivity index (χ3v) is 5.76. The molecule has 1 atom stereocenters. The fourth-order valence-electron chi connectivity index (χ4n) is 4.36. The van der Waals surface area contributed by atoms with Crippen molar-refractivity contribution < 1.29 is 14.3 Å². The molecular formula is C24H30N2O3. The number of para-hydroxylation sites is 2. The molecule has 29 heavy (non-hydrogen) atoms. The molecule has 2 aliphatic heterocycles. The molecule has 0 radical (unpaired) electrons. The van der Waals surface area contributed by atoms with Crippen LogP contribution < -0.4 is 10.1 Å². The van der Waals surface area contributed by atoms with Crippen molar-refractivity contribution in [2.24, 2.45) is 5.92 Å². The summed E-state index contributed by atoms with van der Waals surface area (Å²) >= 11 is 0. The predicted octanol–water partition coefficient (Wildman–Crippen LogP) is 3.79. The van der Waals surface area contributed by atoms with Crippen molar-refractivity contribution in [1.82, 2.24) is 10.2 Å². The summed E-state index contributed by atoms with van der Waals surface area (Å²) in [5, 5.41) is 3.26. The van der Waals surface area contributed by atoms with Gasteiger partial charge in [0.25, 0.3) is 0 Å². The molecule has 4 rings (SSSR count). The van der Waals surface area contributed by atoms with Crippen LogP contribution in [0.4, 0.5) is 0 Å². The molecule has 0 bridgehead atoms. The minimum Gasteiger partial charge on any atom is -0.457 e. The second-order valence-electron chi connectivity index (χ2n) is 8.29. The van der Waals surface area contributed by atoms with Gasteiger partial charge in [-0.25, -0.2) is 0 Å². The van der Waals surface area contributed by atoms with Gasteiger partial charge in [0, 0.05) is 36.8 Å². The number of ether oxygens (including phenoxy) is 2. The lowest BCUT2D eigenvalue weighted by Crippen LogP contribution is -2.50. The molecule has 1 N–H and O–H groups in total. The molecule has 0 saturated carbocycles. The molecule has 0 aliphatic carbocycles. The first kappa shape index (κ1) is 19.9. The summed E-state index contributed by atoms with van der Waals surface area (Å²) in [5.74, 6) is 1.79. The van der Waals surface area contributed by atoms with Crippen LogP contribution in [0.3, 0.4) is 0 Å². The normalized spacial score (nSPS) is 17.9. The van der Waals surface area contributed by atoms with E-state index in [1.807, 2.05) is 48.5 Å². The summed E-state index contributed by atoms with van der Waals surface area (Å²) in [6.07, 6.45) is 1.06. The summed E-state index contributed by atoms with van der Waals surface area (Å²) < 4.78 is 11.5. The SMILES string of the molecule is CC(C)CC(CNC(=O)C1c2ccccc2Oc2ccccc21)N1CCOCC1. The highest BCUT2D eigenvalue weighted by Crippen LogP contribution is 2.43. The maximum Gasteiger partial charge on any atom is 0.232 e. The summed E-state index contributed by atoms with van der Waals surface area (Å²) in [5.41, 5.74) is 1.85. The fourth-order valence-corrected chi connectivity index (χ4v) is 4.36. The first-order chi connectivity index (χ1) is 14.1. The Bertz CT molecular complexity index is 800. The van der Waals surface area contributed by atoms with Crippen LogP contribution in [0.2, 0.25) is 0 Å². The molecule has 2 aliphatic rings. The van der Waals surface area contributed by atoms with Gasteiger partial charge in [-0.05, 0) is 24.5 Å². The summed E-state index contributed by atoms with van der Waals surface area (Å²) in [4.78, 5) is 15.8. The Morgan fingerprint density at radius 3 is 2.21 bits per heavy atom.